The zero-order chi connectivity index (χ0) is 16.6. The van der Waals surface area contributed by atoms with Crippen LogP contribution in [0.4, 0.5) is 5.82 Å². The van der Waals surface area contributed by atoms with Crippen LogP contribution in [0.5, 0.6) is 0 Å². The SMILES string of the molecule is Cn1nc(-c2cccs2)cc1NS(=O)(=O)c1ccc(Cl)c(Cl)c1. The predicted molar refractivity (Wildman–Crippen MR) is 93.8 cm³/mol. The summed E-state index contributed by atoms with van der Waals surface area (Å²) in [6, 6.07) is 9.66. The molecule has 2 heterocycles. The summed E-state index contributed by atoms with van der Waals surface area (Å²) < 4.78 is 28.9. The van der Waals surface area contributed by atoms with Crippen molar-refractivity contribution in [1.82, 2.24) is 9.78 Å². The van der Waals surface area contributed by atoms with Crippen LogP contribution in [0, 0.1) is 0 Å². The number of rotatable bonds is 4. The fourth-order valence-corrected chi connectivity index (χ4v) is 4.10. The molecule has 0 atom stereocenters. The Hall–Kier alpha value is -1.54. The Morgan fingerprint density at radius 2 is 1.96 bits per heavy atom. The Morgan fingerprint density at radius 3 is 2.61 bits per heavy atom. The van der Waals surface area contributed by atoms with Crippen LogP contribution in [0.2, 0.25) is 10.0 Å². The third-order valence-electron chi connectivity index (χ3n) is 3.09. The van der Waals surface area contributed by atoms with Gasteiger partial charge in [0.05, 0.1) is 19.8 Å². The zero-order valence-corrected chi connectivity index (χ0v) is 15.0. The molecule has 5 nitrogen and oxygen atoms in total. The lowest BCUT2D eigenvalue weighted by atomic mass is 10.3. The summed E-state index contributed by atoms with van der Waals surface area (Å²) >= 11 is 13.2. The van der Waals surface area contributed by atoms with Gasteiger partial charge in [-0.2, -0.15) is 5.10 Å². The van der Waals surface area contributed by atoms with Gasteiger partial charge in [-0.3, -0.25) is 9.40 Å². The third kappa shape index (κ3) is 3.37. The van der Waals surface area contributed by atoms with E-state index in [1.807, 2.05) is 17.5 Å². The number of hydrogen-bond acceptors (Lipinski definition) is 4. The standard InChI is InChI=1S/C14H11Cl2N3O2S2/c1-19-14(8-12(17-19)13-3-2-6-22-13)18-23(20,21)9-4-5-10(15)11(16)7-9/h2-8,18H,1H3. The maximum absolute atomic E-state index is 12.5. The monoisotopic (exact) mass is 387 g/mol. The summed E-state index contributed by atoms with van der Waals surface area (Å²) in [7, 11) is -2.11. The minimum absolute atomic E-state index is 0.0331. The van der Waals surface area contributed by atoms with Crippen LogP contribution >= 0.6 is 34.5 Å². The minimum Gasteiger partial charge on any atom is -0.264 e. The first-order chi connectivity index (χ1) is 10.9. The number of nitrogens with one attached hydrogen (secondary N) is 1. The number of halogens is 2. The topological polar surface area (TPSA) is 64.0 Å². The van der Waals surface area contributed by atoms with Crippen molar-refractivity contribution in [3.05, 3.63) is 51.8 Å². The van der Waals surface area contributed by atoms with Gasteiger partial charge in [0.2, 0.25) is 0 Å². The van der Waals surface area contributed by atoms with Crippen molar-refractivity contribution in [2.24, 2.45) is 7.05 Å². The van der Waals surface area contributed by atoms with Gasteiger partial charge < -0.3 is 0 Å². The first kappa shape index (κ1) is 16.3. The first-order valence-electron chi connectivity index (χ1n) is 6.42. The average Bonchev–Trinajstić information content (AvgIpc) is 3.12. The van der Waals surface area contributed by atoms with E-state index in [4.69, 9.17) is 23.2 Å². The molecule has 1 N–H and O–H groups in total. The molecule has 0 saturated heterocycles. The lowest BCUT2D eigenvalue weighted by Crippen LogP contribution is -2.15. The first-order valence-corrected chi connectivity index (χ1v) is 9.54. The van der Waals surface area contributed by atoms with E-state index in [1.165, 1.54) is 34.2 Å². The van der Waals surface area contributed by atoms with E-state index >= 15 is 0 Å². The van der Waals surface area contributed by atoms with Crippen molar-refractivity contribution in [2.75, 3.05) is 4.72 Å². The van der Waals surface area contributed by atoms with Crippen molar-refractivity contribution in [1.29, 1.82) is 0 Å². The largest absolute Gasteiger partial charge is 0.264 e. The van der Waals surface area contributed by atoms with Crippen LogP contribution in [0.15, 0.2) is 46.7 Å². The van der Waals surface area contributed by atoms with Gasteiger partial charge in [-0.1, -0.05) is 29.3 Å². The average molecular weight is 388 g/mol. The van der Waals surface area contributed by atoms with Gasteiger partial charge in [0, 0.05) is 13.1 Å². The molecule has 0 saturated carbocycles. The van der Waals surface area contributed by atoms with Gasteiger partial charge in [0.15, 0.2) is 0 Å². The van der Waals surface area contributed by atoms with Crippen LogP contribution in [0.3, 0.4) is 0 Å². The molecule has 0 unspecified atom stereocenters. The molecule has 0 aliphatic carbocycles. The molecule has 0 fully saturated rings. The molecule has 0 amide bonds. The molecule has 0 bridgehead atoms. The fourth-order valence-electron chi connectivity index (χ4n) is 1.95. The highest BCUT2D eigenvalue weighted by atomic mass is 35.5. The number of nitrogens with zero attached hydrogens (tertiary/aromatic N) is 2. The highest BCUT2D eigenvalue weighted by molar-refractivity contribution is 7.92. The van der Waals surface area contributed by atoms with Crippen molar-refractivity contribution in [3.8, 4) is 10.6 Å². The summed E-state index contributed by atoms with van der Waals surface area (Å²) in [5.74, 6) is 0.361. The fraction of sp³-hybridized carbons (Fsp3) is 0.0714. The number of aryl methyl sites for hydroxylation is 1. The van der Waals surface area contributed by atoms with Gasteiger partial charge in [0.25, 0.3) is 10.0 Å². The van der Waals surface area contributed by atoms with E-state index in [-0.39, 0.29) is 9.92 Å². The number of anilines is 1. The summed E-state index contributed by atoms with van der Waals surface area (Å²) in [6.07, 6.45) is 0. The number of sulfonamides is 1. The highest BCUT2D eigenvalue weighted by Crippen LogP contribution is 2.28. The highest BCUT2D eigenvalue weighted by Gasteiger charge is 2.18. The summed E-state index contributed by atoms with van der Waals surface area (Å²) in [6.45, 7) is 0. The molecule has 2 aromatic heterocycles. The molecule has 9 heteroatoms. The molecular weight excluding hydrogens is 377 g/mol. The van der Waals surface area contributed by atoms with E-state index in [1.54, 1.807) is 13.1 Å². The summed E-state index contributed by atoms with van der Waals surface area (Å²) in [5.41, 5.74) is 0.703. The van der Waals surface area contributed by atoms with Gasteiger partial charge in [-0.25, -0.2) is 8.42 Å². The second-order valence-corrected chi connectivity index (χ2v) is 8.14. The van der Waals surface area contributed by atoms with Gasteiger partial charge in [-0.05, 0) is 29.6 Å². The lowest BCUT2D eigenvalue weighted by Gasteiger charge is -2.08. The molecule has 3 aromatic rings. The van der Waals surface area contributed by atoms with Crippen LogP contribution in [-0.2, 0) is 17.1 Å². The molecule has 0 aliphatic heterocycles. The molecule has 3 rings (SSSR count). The van der Waals surface area contributed by atoms with Crippen molar-refractivity contribution in [2.45, 2.75) is 4.90 Å². The van der Waals surface area contributed by atoms with E-state index in [2.05, 4.69) is 9.82 Å². The van der Waals surface area contributed by atoms with Crippen LogP contribution < -0.4 is 4.72 Å². The maximum atomic E-state index is 12.5. The second kappa shape index (κ2) is 6.16. The second-order valence-electron chi connectivity index (χ2n) is 4.70. The van der Waals surface area contributed by atoms with Crippen LogP contribution in [0.1, 0.15) is 0 Å². The molecule has 0 aliphatic rings. The molecule has 1 aromatic carbocycles. The Kier molecular flexibility index (Phi) is 4.37. The van der Waals surface area contributed by atoms with E-state index in [9.17, 15) is 8.42 Å². The van der Waals surface area contributed by atoms with Crippen LogP contribution in [0.25, 0.3) is 10.6 Å². The normalized spacial score (nSPS) is 11.6. The van der Waals surface area contributed by atoms with Gasteiger partial charge >= 0.3 is 0 Å². The minimum atomic E-state index is -3.78. The van der Waals surface area contributed by atoms with Gasteiger partial charge in [-0.15, -0.1) is 11.3 Å². The molecular formula is C14H11Cl2N3O2S2. The van der Waals surface area contributed by atoms with Gasteiger partial charge in [0.1, 0.15) is 11.5 Å². The summed E-state index contributed by atoms with van der Waals surface area (Å²) in [5, 5.41) is 6.73. The molecule has 23 heavy (non-hydrogen) atoms. The van der Waals surface area contributed by atoms with Crippen molar-refractivity contribution >= 4 is 50.4 Å². The van der Waals surface area contributed by atoms with E-state index in [0.29, 0.717) is 16.5 Å². The third-order valence-corrected chi connectivity index (χ3v) is 6.08. The van der Waals surface area contributed by atoms with Crippen molar-refractivity contribution < 1.29 is 8.42 Å². The maximum Gasteiger partial charge on any atom is 0.263 e. The molecule has 0 radical (unpaired) electrons. The Balaban J connectivity index is 1.93. The zero-order valence-electron chi connectivity index (χ0n) is 11.8. The van der Waals surface area contributed by atoms with Crippen molar-refractivity contribution in [3.63, 3.8) is 0 Å². The smallest absolute Gasteiger partial charge is 0.263 e. The predicted octanol–water partition coefficient (Wildman–Crippen LogP) is 4.26. The Labute approximate surface area is 147 Å². The number of hydrogen-bond donors (Lipinski definition) is 1. The van der Waals surface area contributed by atoms with Crippen LogP contribution in [-0.4, -0.2) is 18.2 Å². The Bertz CT molecular complexity index is 951. The molecule has 120 valence electrons. The van der Waals surface area contributed by atoms with E-state index < -0.39 is 10.0 Å². The number of thiophene rings is 1. The Morgan fingerprint density at radius 1 is 1.17 bits per heavy atom. The lowest BCUT2D eigenvalue weighted by molar-refractivity contribution is 0.600. The van der Waals surface area contributed by atoms with E-state index in [0.717, 1.165) is 4.88 Å². The molecule has 0 spiro atoms. The quantitative estimate of drug-likeness (QED) is 0.727. The number of benzene rings is 1. The summed E-state index contributed by atoms with van der Waals surface area (Å²) in [4.78, 5) is 0.992. The number of aromatic nitrogens is 2.